The number of nitrogens with zero attached hydrogens (tertiary/aromatic N) is 2. The zero-order chi connectivity index (χ0) is 21.8. The first kappa shape index (κ1) is 20.3. The average molecular weight is 449 g/mol. The maximum Gasteiger partial charge on any atom is 0.268 e. The van der Waals surface area contributed by atoms with Crippen molar-refractivity contribution >= 4 is 40.6 Å². The molecule has 2 aliphatic rings. The lowest BCUT2D eigenvalue weighted by molar-refractivity contribution is -0.123. The molecule has 1 saturated heterocycles. The van der Waals surface area contributed by atoms with E-state index in [0.717, 1.165) is 22.4 Å². The number of rotatable bonds is 3. The van der Waals surface area contributed by atoms with Gasteiger partial charge in [-0.3, -0.25) is 9.59 Å². The fourth-order valence-corrected chi connectivity index (χ4v) is 6.97. The number of carbonyl (C=O) groups is 2. The predicted octanol–water partition coefficient (Wildman–Crippen LogP) is 5.42. The molecule has 0 unspecified atom stereocenters. The Morgan fingerprint density at radius 1 is 1.06 bits per heavy atom. The number of anilines is 1. The summed E-state index contributed by atoms with van der Waals surface area (Å²) in [6.07, 6.45) is 0. The quantitative estimate of drug-likeness (QED) is 0.537. The largest absolute Gasteiger partial charge is 0.309 e. The molecule has 4 nitrogen and oxygen atoms in total. The Hall–Kier alpha value is -2.57. The maximum atomic E-state index is 14.2. The van der Waals surface area contributed by atoms with Gasteiger partial charge in [-0.05, 0) is 43.8 Å². The van der Waals surface area contributed by atoms with Crippen LogP contribution in [0.1, 0.15) is 40.2 Å². The summed E-state index contributed by atoms with van der Waals surface area (Å²) in [6, 6.07) is 19.9. The van der Waals surface area contributed by atoms with Crippen LogP contribution in [0, 0.1) is 6.92 Å². The lowest BCUT2D eigenvalue weighted by Gasteiger charge is -2.33. The summed E-state index contributed by atoms with van der Waals surface area (Å²) in [4.78, 5) is 31.1. The van der Waals surface area contributed by atoms with Gasteiger partial charge in [0, 0.05) is 16.9 Å². The topological polar surface area (TPSA) is 40.6 Å². The van der Waals surface area contributed by atoms with E-state index in [1.54, 1.807) is 11.8 Å². The normalized spacial score (nSPS) is 21.7. The van der Waals surface area contributed by atoms with Gasteiger partial charge in [-0.1, -0.05) is 54.1 Å². The number of hydrogen-bond acceptors (Lipinski definition) is 4. The molecule has 2 aliphatic heterocycles. The van der Waals surface area contributed by atoms with Crippen LogP contribution in [0.3, 0.4) is 0 Å². The molecule has 1 spiro atoms. The fraction of sp³-hybridized carbons (Fsp3) is 0.280. The highest BCUT2D eigenvalue weighted by Crippen LogP contribution is 2.60. The van der Waals surface area contributed by atoms with Crippen molar-refractivity contribution in [3.63, 3.8) is 0 Å². The molecule has 5 rings (SSSR count). The molecule has 2 aromatic carbocycles. The Morgan fingerprint density at radius 2 is 1.84 bits per heavy atom. The molecule has 2 amide bonds. The van der Waals surface area contributed by atoms with Crippen LogP contribution in [-0.2, 0) is 16.2 Å². The van der Waals surface area contributed by atoms with E-state index in [1.807, 2.05) is 76.7 Å². The number of thioether (sulfide) groups is 1. The van der Waals surface area contributed by atoms with Crippen molar-refractivity contribution in [1.82, 2.24) is 4.90 Å². The Balaban J connectivity index is 1.67. The van der Waals surface area contributed by atoms with Crippen LogP contribution >= 0.6 is 23.1 Å². The van der Waals surface area contributed by atoms with Gasteiger partial charge in [0.1, 0.15) is 0 Å². The minimum atomic E-state index is -1.04. The second kappa shape index (κ2) is 7.24. The third-order valence-corrected chi connectivity index (χ3v) is 8.30. The molecular formula is C25H24N2O2S2. The molecule has 3 aromatic rings. The van der Waals surface area contributed by atoms with Crippen LogP contribution in [0.15, 0.2) is 66.0 Å². The molecular weight excluding hydrogens is 424 g/mol. The molecule has 0 radical (unpaired) electrons. The van der Waals surface area contributed by atoms with E-state index in [1.165, 1.54) is 11.3 Å². The number of hydrogen-bond donors (Lipinski definition) is 0. The smallest absolute Gasteiger partial charge is 0.268 e. The highest BCUT2D eigenvalue weighted by atomic mass is 32.2. The number of benzene rings is 2. The average Bonchev–Trinajstić information content (AvgIpc) is 3.43. The Labute approximate surface area is 190 Å². The summed E-state index contributed by atoms with van der Waals surface area (Å²) in [5.74, 6) is -0.104. The van der Waals surface area contributed by atoms with Crippen molar-refractivity contribution in [2.75, 3.05) is 11.4 Å². The van der Waals surface area contributed by atoms with Crippen LogP contribution in [0.4, 0.5) is 5.69 Å². The van der Waals surface area contributed by atoms with Gasteiger partial charge in [-0.2, -0.15) is 0 Å². The third-order valence-electron chi connectivity index (χ3n) is 5.85. The van der Waals surface area contributed by atoms with E-state index in [4.69, 9.17) is 0 Å². The zero-order valence-corrected chi connectivity index (χ0v) is 19.4. The lowest BCUT2D eigenvalue weighted by atomic mass is 10.0. The fourth-order valence-electron chi connectivity index (χ4n) is 4.57. The van der Waals surface area contributed by atoms with Crippen molar-refractivity contribution < 1.29 is 9.59 Å². The van der Waals surface area contributed by atoms with Gasteiger partial charge in [-0.15, -0.1) is 23.1 Å². The van der Waals surface area contributed by atoms with E-state index in [2.05, 4.69) is 19.9 Å². The number of thiophene rings is 1. The molecule has 0 N–H and O–H groups in total. The standard InChI is InChI=1S/C25H24N2O2S2/c1-17-11-12-20-19(14-17)25(23(29)26(20)15-18-8-5-4-6-9-18)27(16-24(2,3)31-25)22(28)21-10-7-13-30-21/h4-14H,15-16H2,1-3H3/t25-/m1/s1. The van der Waals surface area contributed by atoms with Crippen LogP contribution in [-0.4, -0.2) is 28.0 Å². The zero-order valence-electron chi connectivity index (χ0n) is 17.8. The number of aryl methyl sites for hydroxylation is 1. The molecule has 1 atom stereocenters. The molecule has 0 aliphatic carbocycles. The molecule has 158 valence electrons. The van der Waals surface area contributed by atoms with Crippen molar-refractivity contribution in [2.24, 2.45) is 0 Å². The number of fused-ring (bicyclic) bond motifs is 2. The van der Waals surface area contributed by atoms with Gasteiger partial charge >= 0.3 is 0 Å². The summed E-state index contributed by atoms with van der Waals surface area (Å²) in [5.41, 5.74) is 3.97. The first-order valence-corrected chi connectivity index (χ1v) is 12.0. The highest BCUT2D eigenvalue weighted by Gasteiger charge is 2.63. The summed E-state index contributed by atoms with van der Waals surface area (Å²) in [7, 11) is 0. The highest BCUT2D eigenvalue weighted by molar-refractivity contribution is 8.02. The van der Waals surface area contributed by atoms with E-state index in [-0.39, 0.29) is 16.6 Å². The van der Waals surface area contributed by atoms with Gasteiger partial charge in [0.2, 0.25) is 0 Å². The maximum absolute atomic E-state index is 14.2. The minimum absolute atomic E-state index is 0.0302. The number of amides is 2. The molecule has 1 fully saturated rings. The summed E-state index contributed by atoms with van der Waals surface area (Å²) < 4.78 is -0.244. The van der Waals surface area contributed by atoms with Crippen LogP contribution in [0.2, 0.25) is 0 Å². The van der Waals surface area contributed by atoms with Crippen molar-refractivity contribution in [2.45, 2.75) is 36.9 Å². The van der Waals surface area contributed by atoms with E-state index in [9.17, 15) is 9.59 Å². The molecule has 1 aromatic heterocycles. The molecule has 3 heterocycles. The first-order chi connectivity index (χ1) is 14.8. The monoisotopic (exact) mass is 448 g/mol. The predicted molar refractivity (Wildman–Crippen MR) is 128 cm³/mol. The van der Waals surface area contributed by atoms with Gasteiger partial charge < -0.3 is 9.80 Å². The van der Waals surface area contributed by atoms with Gasteiger partial charge in [-0.25, -0.2) is 0 Å². The van der Waals surface area contributed by atoms with Crippen molar-refractivity contribution in [1.29, 1.82) is 0 Å². The third kappa shape index (κ3) is 3.20. The van der Waals surface area contributed by atoms with E-state index < -0.39 is 4.87 Å². The Kier molecular flexibility index (Phi) is 4.75. The van der Waals surface area contributed by atoms with Gasteiger partial charge in [0.15, 0.2) is 4.87 Å². The second-order valence-electron chi connectivity index (χ2n) is 8.77. The molecule has 0 saturated carbocycles. The van der Waals surface area contributed by atoms with Gasteiger partial charge in [0.25, 0.3) is 11.8 Å². The summed E-state index contributed by atoms with van der Waals surface area (Å²) in [5, 5.41) is 1.91. The van der Waals surface area contributed by atoms with Crippen molar-refractivity contribution in [3.05, 3.63) is 87.6 Å². The summed E-state index contributed by atoms with van der Waals surface area (Å²) in [6.45, 7) is 7.27. The lowest BCUT2D eigenvalue weighted by Crippen LogP contribution is -2.50. The van der Waals surface area contributed by atoms with E-state index in [0.29, 0.717) is 18.0 Å². The van der Waals surface area contributed by atoms with Gasteiger partial charge in [0.05, 0.1) is 17.1 Å². The van der Waals surface area contributed by atoms with E-state index >= 15 is 0 Å². The Bertz CT molecular complexity index is 1160. The summed E-state index contributed by atoms with van der Waals surface area (Å²) >= 11 is 3.03. The Morgan fingerprint density at radius 3 is 2.55 bits per heavy atom. The minimum Gasteiger partial charge on any atom is -0.309 e. The SMILES string of the molecule is Cc1ccc2c(c1)[C@@]1(SC(C)(C)CN1C(=O)c1cccs1)C(=O)N2Cc1ccccc1. The molecule has 31 heavy (non-hydrogen) atoms. The first-order valence-electron chi connectivity index (χ1n) is 10.3. The molecule has 6 heteroatoms. The van der Waals surface area contributed by atoms with Crippen LogP contribution in [0.25, 0.3) is 0 Å². The van der Waals surface area contributed by atoms with Crippen LogP contribution in [0.5, 0.6) is 0 Å². The molecule has 0 bridgehead atoms. The number of carbonyl (C=O) groups excluding carboxylic acids is 2. The van der Waals surface area contributed by atoms with Crippen LogP contribution < -0.4 is 4.90 Å². The van der Waals surface area contributed by atoms with Crippen molar-refractivity contribution in [3.8, 4) is 0 Å². The second-order valence-corrected chi connectivity index (χ2v) is 11.6.